The molecule has 0 saturated carbocycles. The number of hydrogen-bond acceptors (Lipinski definition) is 4. The van der Waals surface area contributed by atoms with Crippen molar-refractivity contribution in [3.05, 3.63) is 36.0 Å². The monoisotopic (exact) mass is 284 g/mol. The number of rotatable bonds is 4. The molecule has 3 rings (SSSR count). The maximum absolute atomic E-state index is 4.78. The van der Waals surface area contributed by atoms with Crippen molar-refractivity contribution < 1.29 is 0 Å². The van der Waals surface area contributed by atoms with Crippen LogP contribution in [0.4, 0.5) is 5.69 Å². The highest BCUT2D eigenvalue weighted by Crippen LogP contribution is 2.27. The van der Waals surface area contributed by atoms with Crippen molar-refractivity contribution in [2.24, 2.45) is 0 Å². The van der Waals surface area contributed by atoms with Crippen molar-refractivity contribution in [1.82, 2.24) is 15.2 Å². The third-order valence-electron chi connectivity index (χ3n) is 4.15. The first-order chi connectivity index (χ1) is 10.3. The molecular formula is C17H24N4. The smallest absolute Gasteiger partial charge is 0.0726 e. The molecular weight excluding hydrogens is 260 g/mol. The second-order valence-corrected chi connectivity index (χ2v) is 5.72. The minimum atomic E-state index is 0.835. The Labute approximate surface area is 126 Å². The maximum Gasteiger partial charge on any atom is 0.0726 e. The van der Waals surface area contributed by atoms with Crippen LogP contribution in [0.1, 0.15) is 12.6 Å². The van der Waals surface area contributed by atoms with Gasteiger partial charge in [0.1, 0.15) is 0 Å². The van der Waals surface area contributed by atoms with E-state index in [2.05, 4.69) is 59.4 Å². The topological polar surface area (TPSA) is 31.4 Å². The Balaban J connectivity index is 1.98. The van der Waals surface area contributed by atoms with E-state index in [1.54, 1.807) is 0 Å². The molecule has 0 aliphatic carbocycles. The number of pyridine rings is 1. The number of para-hydroxylation sites is 1. The van der Waals surface area contributed by atoms with Gasteiger partial charge >= 0.3 is 0 Å². The van der Waals surface area contributed by atoms with Gasteiger partial charge in [-0.3, -0.25) is 4.98 Å². The van der Waals surface area contributed by atoms with Gasteiger partial charge < -0.3 is 15.1 Å². The van der Waals surface area contributed by atoms with Gasteiger partial charge in [-0.05, 0) is 25.7 Å². The molecule has 1 aromatic heterocycles. The zero-order valence-corrected chi connectivity index (χ0v) is 13.0. The molecule has 2 aromatic rings. The van der Waals surface area contributed by atoms with E-state index in [1.165, 1.54) is 11.1 Å². The molecule has 1 fully saturated rings. The van der Waals surface area contributed by atoms with Crippen LogP contribution in [0, 0.1) is 0 Å². The summed E-state index contributed by atoms with van der Waals surface area (Å²) >= 11 is 0. The Morgan fingerprint density at radius 1 is 1.14 bits per heavy atom. The first kappa shape index (κ1) is 14.3. The number of hydrogen-bond donors (Lipinski definition) is 1. The SMILES string of the molecule is CCNCc1cc(N2CCN(C)CC2)c2ccccc2n1. The number of nitrogens with zero attached hydrogens (tertiary/aromatic N) is 3. The van der Waals surface area contributed by atoms with E-state index in [4.69, 9.17) is 4.98 Å². The Morgan fingerprint density at radius 2 is 1.90 bits per heavy atom. The van der Waals surface area contributed by atoms with Crippen LogP contribution in [-0.4, -0.2) is 49.7 Å². The number of aromatic nitrogens is 1. The Morgan fingerprint density at radius 3 is 2.67 bits per heavy atom. The minimum absolute atomic E-state index is 0.835. The molecule has 0 bridgehead atoms. The fourth-order valence-corrected chi connectivity index (χ4v) is 2.86. The van der Waals surface area contributed by atoms with Crippen LogP contribution in [0.25, 0.3) is 10.9 Å². The van der Waals surface area contributed by atoms with E-state index in [1.807, 2.05) is 0 Å². The van der Waals surface area contributed by atoms with Crippen molar-refractivity contribution in [2.45, 2.75) is 13.5 Å². The summed E-state index contributed by atoms with van der Waals surface area (Å²) in [6.45, 7) is 8.36. The van der Waals surface area contributed by atoms with Crippen molar-refractivity contribution in [3.8, 4) is 0 Å². The summed E-state index contributed by atoms with van der Waals surface area (Å²) in [7, 11) is 2.19. The van der Waals surface area contributed by atoms with E-state index < -0.39 is 0 Å². The van der Waals surface area contributed by atoms with Crippen LogP contribution in [-0.2, 0) is 6.54 Å². The molecule has 0 amide bonds. The third kappa shape index (κ3) is 3.17. The molecule has 112 valence electrons. The van der Waals surface area contributed by atoms with Gasteiger partial charge in [-0.1, -0.05) is 25.1 Å². The molecule has 1 saturated heterocycles. The number of likely N-dealkylation sites (N-methyl/N-ethyl adjacent to an activating group) is 1. The Kier molecular flexibility index (Phi) is 4.36. The van der Waals surface area contributed by atoms with E-state index in [-0.39, 0.29) is 0 Å². The van der Waals surface area contributed by atoms with Gasteiger partial charge in [0.25, 0.3) is 0 Å². The lowest BCUT2D eigenvalue weighted by Gasteiger charge is -2.34. The number of fused-ring (bicyclic) bond motifs is 1. The normalized spacial score (nSPS) is 16.6. The fraction of sp³-hybridized carbons (Fsp3) is 0.471. The highest BCUT2D eigenvalue weighted by atomic mass is 15.2. The van der Waals surface area contributed by atoms with E-state index >= 15 is 0 Å². The first-order valence-electron chi connectivity index (χ1n) is 7.81. The highest BCUT2D eigenvalue weighted by molar-refractivity contribution is 5.92. The Bertz CT molecular complexity index is 603. The molecule has 0 unspecified atom stereocenters. The molecule has 4 nitrogen and oxygen atoms in total. The fourth-order valence-electron chi connectivity index (χ4n) is 2.86. The van der Waals surface area contributed by atoms with Crippen LogP contribution in [0.15, 0.2) is 30.3 Å². The minimum Gasteiger partial charge on any atom is -0.368 e. The second kappa shape index (κ2) is 6.41. The summed E-state index contributed by atoms with van der Waals surface area (Å²) in [5.41, 5.74) is 3.56. The number of benzene rings is 1. The Hall–Kier alpha value is -1.65. The van der Waals surface area contributed by atoms with Gasteiger partial charge in [0.2, 0.25) is 0 Å². The zero-order valence-electron chi connectivity index (χ0n) is 13.0. The summed E-state index contributed by atoms with van der Waals surface area (Å²) in [5, 5.41) is 4.64. The standard InChI is InChI=1S/C17H24N4/c1-3-18-13-14-12-17(21-10-8-20(2)9-11-21)15-6-4-5-7-16(15)19-14/h4-7,12,18H,3,8-11,13H2,1-2H3. The van der Waals surface area contributed by atoms with Gasteiger partial charge in [-0.2, -0.15) is 0 Å². The molecule has 1 aromatic carbocycles. The molecule has 0 radical (unpaired) electrons. The highest BCUT2D eigenvalue weighted by Gasteiger charge is 2.17. The lowest BCUT2D eigenvalue weighted by Crippen LogP contribution is -2.44. The zero-order chi connectivity index (χ0) is 14.7. The van der Waals surface area contributed by atoms with E-state index in [0.717, 1.165) is 50.5 Å². The van der Waals surface area contributed by atoms with Crippen molar-refractivity contribution in [2.75, 3.05) is 44.7 Å². The number of nitrogens with one attached hydrogen (secondary N) is 1. The summed E-state index contributed by atoms with van der Waals surface area (Å²) in [6, 6.07) is 10.7. The van der Waals surface area contributed by atoms with E-state index in [0.29, 0.717) is 0 Å². The number of anilines is 1. The van der Waals surface area contributed by atoms with Crippen molar-refractivity contribution in [1.29, 1.82) is 0 Å². The summed E-state index contributed by atoms with van der Waals surface area (Å²) in [6.07, 6.45) is 0. The third-order valence-corrected chi connectivity index (χ3v) is 4.15. The summed E-state index contributed by atoms with van der Waals surface area (Å²) < 4.78 is 0. The van der Waals surface area contributed by atoms with Crippen LogP contribution in [0.5, 0.6) is 0 Å². The van der Waals surface area contributed by atoms with Crippen LogP contribution >= 0.6 is 0 Å². The lowest BCUT2D eigenvalue weighted by atomic mass is 10.1. The second-order valence-electron chi connectivity index (χ2n) is 5.72. The summed E-state index contributed by atoms with van der Waals surface area (Å²) in [5.74, 6) is 0. The molecule has 0 spiro atoms. The first-order valence-corrected chi connectivity index (χ1v) is 7.81. The van der Waals surface area contributed by atoms with Crippen molar-refractivity contribution in [3.63, 3.8) is 0 Å². The van der Waals surface area contributed by atoms with Crippen molar-refractivity contribution >= 4 is 16.6 Å². The maximum atomic E-state index is 4.78. The quantitative estimate of drug-likeness (QED) is 0.931. The van der Waals surface area contributed by atoms with Gasteiger partial charge in [0.15, 0.2) is 0 Å². The summed E-state index contributed by atoms with van der Waals surface area (Å²) in [4.78, 5) is 9.67. The number of piperazine rings is 1. The van der Waals surface area contributed by atoms with Gasteiger partial charge in [-0.15, -0.1) is 0 Å². The van der Waals surface area contributed by atoms with Gasteiger partial charge in [0, 0.05) is 43.8 Å². The molecule has 21 heavy (non-hydrogen) atoms. The predicted molar refractivity (Wildman–Crippen MR) is 88.8 cm³/mol. The largest absolute Gasteiger partial charge is 0.368 e. The molecule has 2 heterocycles. The van der Waals surface area contributed by atoms with Gasteiger partial charge in [-0.25, -0.2) is 0 Å². The molecule has 1 aliphatic heterocycles. The van der Waals surface area contributed by atoms with Crippen LogP contribution < -0.4 is 10.2 Å². The predicted octanol–water partition coefficient (Wildman–Crippen LogP) is 2.10. The molecule has 1 N–H and O–H groups in total. The molecule has 0 atom stereocenters. The lowest BCUT2D eigenvalue weighted by molar-refractivity contribution is 0.313. The van der Waals surface area contributed by atoms with Gasteiger partial charge in [0.05, 0.1) is 11.2 Å². The molecule has 1 aliphatic rings. The van der Waals surface area contributed by atoms with Crippen LogP contribution in [0.2, 0.25) is 0 Å². The molecule has 4 heteroatoms. The van der Waals surface area contributed by atoms with E-state index in [9.17, 15) is 0 Å². The van der Waals surface area contributed by atoms with Crippen LogP contribution in [0.3, 0.4) is 0 Å². The average molecular weight is 284 g/mol. The average Bonchev–Trinajstić information content (AvgIpc) is 2.53.